The summed E-state index contributed by atoms with van der Waals surface area (Å²) in [5.74, 6) is -0.326. The number of aliphatic hydroxyl groups is 1. The van der Waals surface area contributed by atoms with Crippen LogP contribution in [0.5, 0.6) is 0 Å². The fourth-order valence-electron chi connectivity index (χ4n) is 0.153. The van der Waals surface area contributed by atoms with E-state index in [1.807, 2.05) is 0 Å². The maximum absolute atomic E-state index is 9.81. The zero-order chi connectivity index (χ0) is 8.20. The molecule has 0 heterocycles. The van der Waals surface area contributed by atoms with Crippen LogP contribution in [0, 0.1) is 0 Å². The standard InChI is InChI=1S/C3H6O5S2/c1-3(4)2-9-8-10(5,6)7/h4H,1-2H2,(H,5,6,7). The molecule has 0 aliphatic carbocycles. The van der Waals surface area contributed by atoms with Crippen LogP contribution in [0.3, 0.4) is 0 Å². The smallest absolute Gasteiger partial charge is 0.408 e. The summed E-state index contributed by atoms with van der Waals surface area (Å²) < 4.78 is 31.3. The van der Waals surface area contributed by atoms with Crippen LogP contribution >= 0.6 is 12.0 Å². The fourth-order valence-corrected chi connectivity index (χ4v) is 0.968. The molecule has 0 radical (unpaired) electrons. The third kappa shape index (κ3) is 7.76. The van der Waals surface area contributed by atoms with Gasteiger partial charge in [0.05, 0.1) is 11.5 Å². The Hall–Kier alpha value is -0.240. The zero-order valence-electron chi connectivity index (χ0n) is 4.85. The van der Waals surface area contributed by atoms with Crippen molar-refractivity contribution in [1.29, 1.82) is 0 Å². The Kier molecular flexibility index (Phi) is 3.72. The molecule has 10 heavy (non-hydrogen) atoms. The zero-order valence-corrected chi connectivity index (χ0v) is 6.48. The van der Waals surface area contributed by atoms with Crippen LogP contribution in [0.25, 0.3) is 0 Å². The molecule has 0 saturated heterocycles. The second-order valence-electron chi connectivity index (χ2n) is 1.32. The second kappa shape index (κ2) is 3.81. The summed E-state index contributed by atoms with van der Waals surface area (Å²) in [5.41, 5.74) is 0. The first-order chi connectivity index (χ1) is 4.42. The molecule has 0 unspecified atom stereocenters. The Labute approximate surface area is 62.9 Å². The monoisotopic (exact) mass is 186 g/mol. The van der Waals surface area contributed by atoms with Gasteiger partial charge in [-0.2, -0.15) is 12.0 Å². The molecular weight excluding hydrogens is 180 g/mol. The van der Waals surface area contributed by atoms with Gasteiger partial charge in [-0.1, -0.05) is 6.58 Å². The molecule has 0 bridgehead atoms. The molecule has 0 aliphatic heterocycles. The average molecular weight is 186 g/mol. The van der Waals surface area contributed by atoms with Crippen molar-refractivity contribution in [1.82, 2.24) is 0 Å². The number of aliphatic hydroxyl groups excluding tert-OH is 1. The average Bonchev–Trinajstić information content (AvgIpc) is 1.59. The molecule has 0 aromatic rings. The van der Waals surface area contributed by atoms with Crippen molar-refractivity contribution in [3.8, 4) is 0 Å². The van der Waals surface area contributed by atoms with E-state index >= 15 is 0 Å². The van der Waals surface area contributed by atoms with E-state index in [0.29, 0.717) is 12.0 Å². The normalized spacial score (nSPS) is 11.3. The summed E-state index contributed by atoms with van der Waals surface area (Å²) in [6.45, 7) is 3.05. The number of hydrogen-bond donors (Lipinski definition) is 2. The van der Waals surface area contributed by atoms with Gasteiger partial charge in [-0.3, -0.25) is 4.55 Å². The molecule has 0 fully saturated rings. The van der Waals surface area contributed by atoms with Gasteiger partial charge in [-0.05, 0) is 0 Å². The molecule has 5 nitrogen and oxygen atoms in total. The minimum Gasteiger partial charge on any atom is -0.512 e. The van der Waals surface area contributed by atoms with E-state index in [0.717, 1.165) is 0 Å². The predicted molar refractivity (Wildman–Crippen MR) is 36.9 cm³/mol. The van der Waals surface area contributed by atoms with E-state index in [1.54, 1.807) is 0 Å². The van der Waals surface area contributed by atoms with E-state index in [9.17, 15) is 8.42 Å². The molecule has 0 aliphatic rings. The predicted octanol–water partition coefficient (Wildman–Crippen LogP) is 0.526. The largest absolute Gasteiger partial charge is 0.512 e. The van der Waals surface area contributed by atoms with Crippen LogP contribution in [0.1, 0.15) is 0 Å². The van der Waals surface area contributed by atoms with Gasteiger partial charge in [0.15, 0.2) is 0 Å². The Balaban J connectivity index is 3.49. The topological polar surface area (TPSA) is 83.8 Å². The lowest BCUT2D eigenvalue weighted by Crippen LogP contribution is -1.97. The Morgan fingerprint density at radius 1 is 1.70 bits per heavy atom. The Morgan fingerprint density at radius 2 is 2.20 bits per heavy atom. The Bertz CT molecular complexity index is 205. The maximum Gasteiger partial charge on any atom is 0.408 e. The SMILES string of the molecule is C=C(O)CSOS(=O)(=O)O. The van der Waals surface area contributed by atoms with Gasteiger partial charge in [-0.25, -0.2) is 0 Å². The molecule has 0 atom stereocenters. The molecule has 0 aromatic carbocycles. The van der Waals surface area contributed by atoms with Gasteiger partial charge >= 0.3 is 10.4 Å². The second-order valence-corrected chi connectivity index (χ2v) is 3.25. The third-order valence-corrected chi connectivity index (χ3v) is 1.88. The highest BCUT2D eigenvalue weighted by atomic mass is 32.3. The summed E-state index contributed by atoms with van der Waals surface area (Å²) in [6.07, 6.45) is 0. The molecule has 0 aromatic heterocycles. The first-order valence-electron chi connectivity index (χ1n) is 2.07. The van der Waals surface area contributed by atoms with Crippen LogP contribution in [-0.2, 0) is 14.0 Å². The molecule has 0 spiro atoms. The number of rotatable bonds is 4. The van der Waals surface area contributed by atoms with Crippen molar-refractivity contribution in [2.75, 3.05) is 5.75 Å². The molecule has 7 heteroatoms. The summed E-state index contributed by atoms with van der Waals surface area (Å²) >= 11 is 0.381. The first-order valence-corrected chi connectivity index (χ1v) is 4.34. The van der Waals surface area contributed by atoms with Gasteiger partial charge < -0.3 is 5.11 Å². The fraction of sp³-hybridized carbons (Fsp3) is 0.333. The van der Waals surface area contributed by atoms with Crippen molar-refractivity contribution in [2.24, 2.45) is 0 Å². The lowest BCUT2D eigenvalue weighted by Gasteiger charge is -1.95. The molecule has 60 valence electrons. The van der Waals surface area contributed by atoms with Crippen molar-refractivity contribution >= 4 is 22.4 Å². The van der Waals surface area contributed by atoms with Crippen LogP contribution < -0.4 is 0 Å². The summed E-state index contributed by atoms with van der Waals surface area (Å²) in [7, 11) is -4.41. The van der Waals surface area contributed by atoms with Gasteiger partial charge in [0.25, 0.3) is 0 Å². The summed E-state index contributed by atoms with van der Waals surface area (Å²) in [6, 6.07) is 0. The van der Waals surface area contributed by atoms with Crippen molar-refractivity contribution in [3.05, 3.63) is 12.3 Å². The van der Waals surface area contributed by atoms with Gasteiger partial charge in [0.1, 0.15) is 0 Å². The minimum absolute atomic E-state index is 0.0974. The minimum atomic E-state index is -4.41. The highest BCUT2D eigenvalue weighted by molar-refractivity contribution is 8.02. The van der Waals surface area contributed by atoms with Gasteiger partial charge in [-0.15, -0.1) is 0 Å². The Morgan fingerprint density at radius 3 is 2.50 bits per heavy atom. The lowest BCUT2D eigenvalue weighted by molar-refractivity contribution is 0.403. The third-order valence-electron chi connectivity index (χ3n) is 0.360. The van der Waals surface area contributed by atoms with E-state index in [-0.39, 0.29) is 11.5 Å². The highest BCUT2D eigenvalue weighted by Gasteiger charge is 2.04. The van der Waals surface area contributed by atoms with Crippen molar-refractivity contribution in [2.45, 2.75) is 0 Å². The highest BCUT2D eigenvalue weighted by Crippen LogP contribution is 2.08. The van der Waals surface area contributed by atoms with Crippen LogP contribution in [0.2, 0.25) is 0 Å². The van der Waals surface area contributed by atoms with Crippen LogP contribution in [0.4, 0.5) is 0 Å². The molecule has 0 saturated carbocycles. The first kappa shape index (κ1) is 9.76. The van der Waals surface area contributed by atoms with E-state index in [1.165, 1.54) is 0 Å². The summed E-state index contributed by atoms with van der Waals surface area (Å²) in [5, 5.41) is 8.38. The molecule has 2 N–H and O–H groups in total. The van der Waals surface area contributed by atoms with Crippen LogP contribution in [-0.4, -0.2) is 23.8 Å². The molecule has 0 rings (SSSR count). The van der Waals surface area contributed by atoms with Gasteiger partial charge in [0, 0.05) is 12.0 Å². The van der Waals surface area contributed by atoms with Gasteiger partial charge in [0.2, 0.25) is 0 Å². The molecular formula is C3H6O5S2. The molecule has 0 amide bonds. The van der Waals surface area contributed by atoms with E-state index < -0.39 is 10.4 Å². The van der Waals surface area contributed by atoms with Crippen molar-refractivity contribution < 1.29 is 21.7 Å². The summed E-state index contributed by atoms with van der Waals surface area (Å²) in [4.78, 5) is 0. The maximum atomic E-state index is 9.81. The van der Waals surface area contributed by atoms with E-state index in [4.69, 9.17) is 9.66 Å². The lowest BCUT2D eigenvalue weighted by atomic mass is 10.7. The number of hydrogen-bond acceptors (Lipinski definition) is 5. The van der Waals surface area contributed by atoms with Crippen LogP contribution in [0.15, 0.2) is 12.3 Å². The quantitative estimate of drug-likeness (QED) is 0.378. The van der Waals surface area contributed by atoms with Crippen molar-refractivity contribution in [3.63, 3.8) is 0 Å². The van der Waals surface area contributed by atoms with E-state index in [2.05, 4.69) is 10.2 Å².